The molecule has 1 aromatic heterocycles. The fourth-order valence-corrected chi connectivity index (χ4v) is 2.64. The second-order valence-electron chi connectivity index (χ2n) is 6.86. The van der Waals surface area contributed by atoms with Gasteiger partial charge in [-0.2, -0.15) is 5.10 Å². The SMILES string of the molecule is Cc1nn(-c2ccccc2)c(C)c1C(=O)OCC(=O)NC(=O)NCCC(C)C. The Kier molecular flexibility index (Phi) is 7.31. The smallest absolute Gasteiger partial charge is 0.342 e. The molecule has 0 bridgehead atoms. The first kappa shape index (κ1) is 21.1. The molecule has 0 fully saturated rings. The third kappa shape index (κ3) is 5.67. The highest BCUT2D eigenvalue weighted by atomic mass is 16.5. The van der Waals surface area contributed by atoms with E-state index in [2.05, 4.69) is 15.7 Å². The fraction of sp³-hybridized carbons (Fsp3) is 0.400. The molecule has 0 saturated heterocycles. The Hall–Kier alpha value is -3.16. The lowest BCUT2D eigenvalue weighted by Gasteiger charge is -2.09. The zero-order valence-corrected chi connectivity index (χ0v) is 16.6. The number of amides is 3. The van der Waals surface area contributed by atoms with Crippen LogP contribution in [0.1, 0.15) is 42.0 Å². The predicted molar refractivity (Wildman–Crippen MR) is 104 cm³/mol. The predicted octanol–water partition coefficient (Wildman–Crippen LogP) is 2.52. The van der Waals surface area contributed by atoms with Crippen LogP contribution in [0.2, 0.25) is 0 Å². The van der Waals surface area contributed by atoms with Crippen LogP contribution in [0, 0.1) is 19.8 Å². The minimum Gasteiger partial charge on any atom is -0.452 e. The van der Waals surface area contributed by atoms with Crippen LogP contribution in [-0.2, 0) is 9.53 Å². The van der Waals surface area contributed by atoms with E-state index in [1.54, 1.807) is 18.5 Å². The Morgan fingerprint density at radius 2 is 1.82 bits per heavy atom. The Bertz CT molecular complexity index is 843. The van der Waals surface area contributed by atoms with Gasteiger partial charge >= 0.3 is 12.0 Å². The first-order valence-corrected chi connectivity index (χ1v) is 9.16. The van der Waals surface area contributed by atoms with Crippen molar-refractivity contribution in [3.63, 3.8) is 0 Å². The molecule has 150 valence electrons. The first-order valence-electron chi connectivity index (χ1n) is 9.16. The maximum absolute atomic E-state index is 12.4. The van der Waals surface area contributed by atoms with Gasteiger partial charge in [0.2, 0.25) is 0 Å². The summed E-state index contributed by atoms with van der Waals surface area (Å²) in [4.78, 5) is 35.8. The molecule has 2 rings (SSSR count). The summed E-state index contributed by atoms with van der Waals surface area (Å²) < 4.78 is 6.71. The zero-order chi connectivity index (χ0) is 20.7. The van der Waals surface area contributed by atoms with Gasteiger partial charge < -0.3 is 10.1 Å². The van der Waals surface area contributed by atoms with E-state index in [9.17, 15) is 14.4 Å². The van der Waals surface area contributed by atoms with Crippen LogP contribution in [0.5, 0.6) is 0 Å². The van der Waals surface area contributed by atoms with E-state index in [0.717, 1.165) is 12.1 Å². The van der Waals surface area contributed by atoms with Gasteiger partial charge in [-0.3, -0.25) is 10.1 Å². The highest BCUT2D eigenvalue weighted by Gasteiger charge is 2.21. The van der Waals surface area contributed by atoms with E-state index >= 15 is 0 Å². The van der Waals surface area contributed by atoms with E-state index in [-0.39, 0.29) is 0 Å². The number of imide groups is 1. The maximum Gasteiger partial charge on any atom is 0.342 e. The monoisotopic (exact) mass is 386 g/mol. The molecule has 1 aromatic carbocycles. The summed E-state index contributed by atoms with van der Waals surface area (Å²) in [6.07, 6.45) is 0.806. The number of nitrogens with zero attached hydrogens (tertiary/aromatic N) is 2. The molecule has 2 aromatic rings. The Labute approximate surface area is 164 Å². The maximum atomic E-state index is 12.4. The van der Waals surface area contributed by atoms with Crippen LogP contribution in [0.3, 0.4) is 0 Å². The number of esters is 1. The Morgan fingerprint density at radius 3 is 2.46 bits per heavy atom. The van der Waals surface area contributed by atoms with Gasteiger partial charge in [0.05, 0.1) is 17.1 Å². The van der Waals surface area contributed by atoms with Crippen molar-refractivity contribution < 1.29 is 19.1 Å². The number of aryl methyl sites for hydroxylation is 1. The van der Waals surface area contributed by atoms with Crippen molar-refractivity contribution in [2.24, 2.45) is 5.92 Å². The van der Waals surface area contributed by atoms with Crippen molar-refractivity contribution in [3.8, 4) is 5.69 Å². The van der Waals surface area contributed by atoms with Gasteiger partial charge in [0.25, 0.3) is 5.91 Å². The number of urea groups is 1. The molecule has 28 heavy (non-hydrogen) atoms. The average molecular weight is 386 g/mol. The molecule has 0 aliphatic rings. The molecule has 0 unspecified atom stereocenters. The third-order valence-electron chi connectivity index (χ3n) is 4.09. The van der Waals surface area contributed by atoms with Gasteiger partial charge in [0.1, 0.15) is 5.56 Å². The Balaban J connectivity index is 1.92. The van der Waals surface area contributed by atoms with Crippen molar-refractivity contribution in [3.05, 3.63) is 47.3 Å². The summed E-state index contributed by atoms with van der Waals surface area (Å²) in [5.74, 6) is -0.908. The summed E-state index contributed by atoms with van der Waals surface area (Å²) in [5, 5.41) is 9.09. The minimum atomic E-state index is -0.693. The standard InChI is InChI=1S/C20H26N4O4/c1-13(2)10-11-21-20(27)22-17(25)12-28-19(26)18-14(3)23-24(15(18)4)16-8-6-5-7-9-16/h5-9,13H,10-12H2,1-4H3,(H2,21,22,25,27). The Morgan fingerprint density at radius 1 is 1.14 bits per heavy atom. The quantitative estimate of drug-likeness (QED) is 0.712. The van der Waals surface area contributed by atoms with Crippen LogP contribution in [0.15, 0.2) is 30.3 Å². The van der Waals surface area contributed by atoms with Crippen molar-refractivity contribution in [2.45, 2.75) is 34.1 Å². The van der Waals surface area contributed by atoms with Crippen LogP contribution >= 0.6 is 0 Å². The summed E-state index contributed by atoms with van der Waals surface area (Å²) in [7, 11) is 0. The number of rotatable bonds is 7. The molecular weight excluding hydrogens is 360 g/mol. The lowest BCUT2D eigenvalue weighted by Crippen LogP contribution is -2.42. The topological polar surface area (TPSA) is 102 Å². The van der Waals surface area contributed by atoms with E-state index in [0.29, 0.717) is 29.4 Å². The van der Waals surface area contributed by atoms with E-state index in [1.807, 2.05) is 44.2 Å². The summed E-state index contributed by atoms with van der Waals surface area (Å²) >= 11 is 0. The van der Waals surface area contributed by atoms with Crippen LogP contribution in [0.4, 0.5) is 4.79 Å². The number of carbonyl (C=O) groups excluding carboxylic acids is 3. The molecule has 2 N–H and O–H groups in total. The summed E-state index contributed by atoms with van der Waals surface area (Å²) in [6, 6.07) is 8.79. The van der Waals surface area contributed by atoms with Gasteiger partial charge in [-0.05, 0) is 38.3 Å². The second kappa shape index (κ2) is 9.68. The fourth-order valence-electron chi connectivity index (χ4n) is 2.64. The number of hydrogen-bond donors (Lipinski definition) is 2. The number of nitrogens with one attached hydrogen (secondary N) is 2. The van der Waals surface area contributed by atoms with Crippen molar-refractivity contribution >= 4 is 17.9 Å². The summed E-state index contributed by atoms with van der Waals surface area (Å²) in [5.41, 5.74) is 2.23. The largest absolute Gasteiger partial charge is 0.452 e. The molecule has 0 radical (unpaired) electrons. The van der Waals surface area contributed by atoms with Crippen LogP contribution in [0.25, 0.3) is 5.69 Å². The number of aromatic nitrogens is 2. The molecule has 1 heterocycles. The molecular formula is C20H26N4O4. The molecule has 0 saturated carbocycles. The number of para-hydroxylation sites is 1. The molecule has 0 aliphatic heterocycles. The van der Waals surface area contributed by atoms with E-state index < -0.39 is 24.5 Å². The lowest BCUT2D eigenvalue weighted by molar-refractivity contribution is -0.123. The normalized spacial score (nSPS) is 10.6. The molecule has 0 atom stereocenters. The highest BCUT2D eigenvalue weighted by Crippen LogP contribution is 2.18. The van der Waals surface area contributed by atoms with Crippen molar-refractivity contribution in [2.75, 3.05) is 13.2 Å². The molecule has 3 amide bonds. The van der Waals surface area contributed by atoms with Gasteiger partial charge in [0, 0.05) is 6.54 Å². The van der Waals surface area contributed by atoms with Gasteiger partial charge in [-0.15, -0.1) is 0 Å². The summed E-state index contributed by atoms with van der Waals surface area (Å²) in [6.45, 7) is 7.44. The number of ether oxygens (including phenoxy) is 1. The van der Waals surface area contributed by atoms with Crippen molar-refractivity contribution in [1.29, 1.82) is 0 Å². The van der Waals surface area contributed by atoms with Gasteiger partial charge in [-0.25, -0.2) is 14.3 Å². The number of hydrogen-bond acceptors (Lipinski definition) is 5. The van der Waals surface area contributed by atoms with Crippen molar-refractivity contribution in [1.82, 2.24) is 20.4 Å². The average Bonchev–Trinajstić information content (AvgIpc) is 2.94. The minimum absolute atomic E-state index is 0.304. The van der Waals surface area contributed by atoms with Gasteiger partial charge in [0.15, 0.2) is 6.61 Å². The molecule has 8 nitrogen and oxygen atoms in total. The van der Waals surface area contributed by atoms with E-state index in [1.165, 1.54) is 0 Å². The molecule has 0 aliphatic carbocycles. The van der Waals surface area contributed by atoms with Gasteiger partial charge in [-0.1, -0.05) is 32.0 Å². The highest BCUT2D eigenvalue weighted by molar-refractivity contribution is 5.97. The molecule has 8 heteroatoms. The zero-order valence-electron chi connectivity index (χ0n) is 16.6. The number of carbonyl (C=O) groups is 3. The number of benzene rings is 1. The lowest BCUT2D eigenvalue weighted by atomic mass is 10.1. The molecule has 0 spiro atoms. The van der Waals surface area contributed by atoms with Crippen LogP contribution < -0.4 is 10.6 Å². The van der Waals surface area contributed by atoms with Crippen LogP contribution in [-0.4, -0.2) is 40.8 Å². The second-order valence-corrected chi connectivity index (χ2v) is 6.86. The first-order chi connectivity index (χ1) is 13.3. The van der Waals surface area contributed by atoms with E-state index in [4.69, 9.17) is 4.74 Å². The third-order valence-corrected chi connectivity index (χ3v) is 4.09.